The Bertz CT molecular complexity index is 629. The molecule has 1 unspecified atom stereocenters. The van der Waals surface area contributed by atoms with Gasteiger partial charge in [0.15, 0.2) is 5.54 Å². The molecule has 2 N–H and O–H groups in total. The minimum atomic E-state index is -1.51. The molecule has 0 saturated heterocycles. The molecule has 0 aliphatic carbocycles. The predicted octanol–water partition coefficient (Wildman–Crippen LogP) is 3.18. The van der Waals surface area contributed by atoms with Crippen molar-refractivity contribution >= 4 is 29.4 Å². The summed E-state index contributed by atoms with van der Waals surface area (Å²) in [6.07, 6.45) is 0.924. The molecule has 1 aromatic rings. The minimum Gasteiger partial charge on any atom is -0.479 e. The summed E-state index contributed by atoms with van der Waals surface area (Å²) in [7, 11) is 0. The zero-order chi connectivity index (χ0) is 19.7. The Morgan fingerprint density at radius 3 is 2.12 bits per heavy atom. The van der Waals surface area contributed by atoms with Crippen LogP contribution in [0.15, 0.2) is 24.3 Å². The number of rotatable bonds is 10. The van der Waals surface area contributed by atoms with Gasteiger partial charge in [-0.2, -0.15) is 0 Å². The smallest absolute Gasteiger partial charge is 0.334 e. The second-order valence-corrected chi connectivity index (χ2v) is 6.48. The van der Waals surface area contributed by atoms with Crippen LogP contribution >= 0.6 is 11.6 Å². The van der Waals surface area contributed by atoms with Crippen LogP contribution in [0.5, 0.6) is 0 Å². The van der Waals surface area contributed by atoms with Crippen LogP contribution in [-0.4, -0.2) is 40.9 Å². The van der Waals surface area contributed by atoms with Gasteiger partial charge in [-0.15, -0.1) is 0 Å². The van der Waals surface area contributed by atoms with Crippen molar-refractivity contribution in [2.24, 2.45) is 0 Å². The summed E-state index contributed by atoms with van der Waals surface area (Å²) in [6.45, 7) is 6.78. The second kappa shape index (κ2) is 10.2. The zero-order valence-electron chi connectivity index (χ0n) is 15.5. The summed E-state index contributed by atoms with van der Waals surface area (Å²) < 4.78 is 0. The number of nitrogens with one attached hydrogen (secondary N) is 1. The van der Waals surface area contributed by atoms with Gasteiger partial charge in [-0.1, -0.05) is 30.7 Å². The summed E-state index contributed by atoms with van der Waals surface area (Å²) in [5, 5.41) is 12.9. The van der Waals surface area contributed by atoms with Gasteiger partial charge >= 0.3 is 5.97 Å². The van der Waals surface area contributed by atoms with E-state index < -0.39 is 17.4 Å². The van der Waals surface area contributed by atoms with Crippen LogP contribution in [0.25, 0.3) is 0 Å². The molecule has 2 amide bonds. The lowest BCUT2D eigenvalue weighted by Gasteiger charge is -2.30. The number of carboxylic acid groups (broad SMARTS) is 1. The molecule has 1 rings (SSSR count). The van der Waals surface area contributed by atoms with E-state index in [0.717, 1.165) is 0 Å². The van der Waals surface area contributed by atoms with Crippen molar-refractivity contribution in [3.05, 3.63) is 34.9 Å². The molecule has 0 aromatic heterocycles. The summed E-state index contributed by atoms with van der Waals surface area (Å²) in [5.74, 6) is -1.52. The molecule has 6 nitrogen and oxygen atoms in total. The lowest BCUT2D eigenvalue weighted by molar-refractivity contribution is -0.148. The van der Waals surface area contributed by atoms with E-state index in [-0.39, 0.29) is 25.2 Å². The third-order valence-corrected chi connectivity index (χ3v) is 4.75. The Morgan fingerprint density at radius 2 is 1.65 bits per heavy atom. The van der Waals surface area contributed by atoms with E-state index in [1.54, 1.807) is 36.1 Å². The average molecular weight is 383 g/mol. The highest BCUT2D eigenvalue weighted by molar-refractivity contribution is 6.30. The molecule has 26 heavy (non-hydrogen) atoms. The number of carboxylic acids is 1. The summed E-state index contributed by atoms with van der Waals surface area (Å²) in [5.41, 5.74) is -1.05. The molecule has 0 heterocycles. The highest BCUT2D eigenvalue weighted by Gasteiger charge is 2.40. The molecule has 0 saturated carbocycles. The summed E-state index contributed by atoms with van der Waals surface area (Å²) in [4.78, 5) is 37.9. The molecule has 0 fully saturated rings. The van der Waals surface area contributed by atoms with Crippen LogP contribution < -0.4 is 5.32 Å². The van der Waals surface area contributed by atoms with Gasteiger partial charge in [0.2, 0.25) is 11.8 Å². The number of nitrogens with zero attached hydrogens (tertiary/aromatic N) is 1. The quantitative estimate of drug-likeness (QED) is 0.650. The fourth-order valence-corrected chi connectivity index (χ4v) is 2.99. The van der Waals surface area contributed by atoms with E-state index in [2.05, 4.69) is 5.32 Å². The van der Waals surface area contributed by atoms with Crippen LogP contribution in [0.4, 0.5) is 0 Å². The number of carbonyl (C=O) groups is 3. The molecular weight excluding hydrogens is 356 g/mol. The fraction of sp³-hybridized carbons (Fsp3) is 0.526. The van der Waals surface area contributed by atoms with E-state index in [1.165, 1.54) is 0 Å². The van der Waals surface area contributed by atoms with Crippen LogP contribution in [0.2, 0.25) is 5.02 Å². The van der Waals surface area contributed by atoms with Crippen molar-refractivity contribution in [2.45, 2.75) is 52.0 Å². The molecule has 7 heteroatoms. The molecule has 1 aromatic carbocycles. The fourth-order valence-electron chi connectivity index (χ4n) is 2.86. The van der Waals surface area contributed by atoms with Gasteiger partial charge in [0, 0.05) is 31.0 Å². The maximum absolute atomic E-state index is 12.3. The van der Waals surface area contributed by atoms with Gasteiger partial charge in [-0.3, -0.25) is 9.59 Å². The van der Waals surface area contributed by atoms with Gasteiger partial charge < -0.3 is 15.3 Å². The molecule has 0 radical (unpaired) electrons. The van der Waals surface area contributed by atoms with Crippen LogP contribution in [0.1, 0.15) is 52.0 Å². The Morgan fingerprint density at radius 1 is 1.08 bits per heavy atom. The van der Waals surface area contributed by atoms with Crippen molar-refractivity contribution < 1.29 is 19.5 Å². The van der Waals surface area contributed by atoms with Gasteiger partial charge in [0.25, 0.3) is 0 Å². The standard InChI is InChI=1S/C19H27ClN2O4/c1-4-19(18(25)26,14-10-12-15(20)13-11-14)21-16(23)8-7-9-17(24)22(5-2)6-3/h10-13H,4-9H2,1-3H3,(H,21,23)(H,25,26). The van der Waals surface area contributed by atoms with Gasteiger partial charge in [-0.05, 0) is 44.4 Å². The normalized spacial score (nSPS) is 12.9. The third-order valence-electron chi connectivity index (χ3n) is 4.50. The Labute approximate surface area is 159 Å². The molecule has 0 aliphatic heterocycles. The molecule has 1 atom stereocenters. The number of aliphatic carboxylic acids is 1. The average Bonchev–Trinajstić information content (AvgIpc) is 2.61. The molecule has 0 bridgehead atoms. The molecule has 144 valence electrons. The summed E-state index contributed by atoms with van der Waals surface area (Å²) in [6, 6.07) is 6.40. The van der Waals surface area contributed by atoms with Crippen LogP contribution in [0, 0.1) is 0 Å². The second-order valence-electron chi connectivity index (χ2n) is 6.04. The van der Waals surface area contributed by atoms with Crippen molar-refractivity contribution in [2.75, 3.05) is 13.1 Å². The highest BCUT2D eigenvalue weighted by Crippen LogP contribution is 2.27. The van der Waals surface area contributed by atoms with E-state index in [0.29, 0.717) is 30.1 Å². The van der Waals surface area contributed by atoms with Gasteiger partial charge in [-0.25, -0.2) is 4.79 Å². The van der Waals surface area contributed by atoms with Crippen LogP contribution in [0.3, 0.4) is 0 Å². The summed E-state index contributed by atoms with van der Waals surface area (Å²) >= 11 is 5.87. The number of benzene rings is 1. The number of carbonyl (C=O) groups excluding carboxylic acids is 2. The first-order valence-electron chi connectivity index (χ1n) is 8.88. The predicted molar refractivity (Wildman–Crippen MR) is 101 cm³/mol. The lowest BCUT2D eigenvalue weighted by Crippen LogP contribution is -2.51. The van der Waals surface area contributed by atoms with Crippen molar-refractivity contribution in [3.63, 3.8) is 0 Å². The van der Waals surface area contributed by atoms with E-state index in [4.69, 9.17) is 11.6 Å². The zero-order valence-corrected chi connectivity index (χ0v) is 16.3. The van der Waals surface area contributed by atoms with Crippen molar-refractivity contribution in [3.8, 4) is 0 Å². The molecular formula is C19H27ClN2O4. The van der Waals surface area contributed by atoms with E-state index >= 15 is 0 Å². The van der Waals surface area contributed by atoms with E-state index in [9.17, 15) is 19.5 Å². The Hall–Kier alpha value is -2.08. The molecule has 0 aliphatic rings. The topological polar surface area (TPSA) is 86.7 Å². The first-order chi connectivity index (χ1) is 12.3. The SMILES string of the molecule is CCN(CC)C(=O)CCCC(=O)NC(CC)(C(=O)O)c1ccc(Cl)cc1. The maximum Gasteiger partial charge on any atom is 0.334 e. The first kappa shape index (κ1) is 22.0. The third kappa shape index (κ3) is 5.46. The van der Waals surface area contributed by atoms with Crippen LogP contribution in [-0.2, 0) is 19.9 Å². The van der Waals surface area contributed by atoms with Gasteiger partial charge in [0.1, 0.15) is 0 Å². The minimum absolute atomic E-state index is 0.000454. The van der Waals surface area contributed by atoms with Crippen molar-refractivity contribution in [1.82, 2.24) is 10.2 Å². The number of hydrogen-bond donors (Lipinski definition) is 2. The molecule has 0 spiro atoms. The largest absolute Gasteiger partial charge is 0.479 e. The van der Waals surface area contributed by atoms with Gasteiger partial charge in [0.05, 0.1) is 0 Å². The number of amides is 2. The monoisotopic (exact) mass is 382 g/mol. The Kier molecular flexibility index (Phi) is 8.58. The Balaban J connectivity index is 2.77. The lowest BCUT2D eigenvalue weighted by atomic mass is 9.87. The highest BCUT2D eigenvalue weighted by atomic mass is 35.5. The van der Waals surface area contributed by atoms with Crippen molar-refractivity contribution in [1.29, 1.82) is 0 Å². The van der Waals surface area contributed by atoms with E-state index in [1.807, 2.05) is 13.8 Å². The maximum atomic E-state index is 12.3. The number of halogens is 1. The first-order valence-corrected chi connectivity index (χ1v) is 9.26. The number of hydrogen-bond acceptors (Lipinski definition) is 3.